The summed E-state index contributed by atoms with van der Waals surface area (Å²) in [5, 5.41) is 0. The van der Waals surface area contributed by atoms with E-state index in [0.717, 1.165) is 60.3 Å². The first-order valence-corrected chi connectivity index (χ1v) is 19.0. The maximum absolute atomic E-state index is 13.7. The molecule has 0 bridgehead atoms. The van der Waals surface area contributed by atoms with Gasteiger partial charge in [0.15, 0.2) is 5.78 Å². The summed E-state index contributed by atoms with van der Waals surface area (Å²) in [6.07, 6.45) is 11.8. The molecule has 0 aromatic heterocycles. The van der Waals surface area contributed by atoms with Crippen LogP contribution in [0.2, 0.25) is 0 Å². The minimum absolute atomic E-state index is 0.144. The Hall–Kier alpha value is -3.91. The molecule has 2 unspecified atom stereocenters. The van der Waals surface area contributed by atoms with Gasteiger partial charge in [0.05, 0.1) is 7.11 Å². The van der Waals surface area contributed by atoms with Crippen LogP contribution in [0.3, 0.4) is 0 Å². The number of ether oxygens (including phenoxy) is 1. The lowest BCUT2D eigenvalue weighted by atomic mass is 9.68. The Balaban J connectivity index is 1.10. The number of carbonyl (C=O) groups is 1. The van der Waals surface area contributed by atoms with Gasteiger partial charge in [-0.3, -0.25) is 4.79 Å². The lowest BCUT2D eigenvalue weighted by Gasteiger charge is -2.37. The normalized spacial score (nSPS) is 25.2. The summed E-state index contributed by atoms with van der Waals surface area (Å²) < 4.78 is 5.94. The van der Waals surface area contributed by atoms with Crippen LogP contribution in [-0.2, 0) is 12.8 Å². The quantitative estimate of drug-likeness (QED) is 0.140. The molecule has 0 saturated heterocycles. The fourth-order valence-corrected chi connectivity index (χ4v) is 9.48. The Kier molecular flexibility index (Phi) is 9.95. The van der Waals surface area contributed by atoms with Gasteiger partial charge in [-0.1, -0.05) is 118 Å². The van der Waals surface area contributed by atoms with E-state index in [1.807, 2.05) is 6.07 Å². The molecular weight excluding hydrogens is 597 g/mol. The van der Waals surface area contributed by atoms with Gasteiger partial charge in [0.25, 0.3) is 0 Å². The van der Waals surface area contributed by atoms with E-state index in [0.29, 0.717) is 5.78 Å². The Morgan fingerprint density at radius 1 is 0.735 bits per heavy atom. The van der Waals surface area contributed by atoms with Crippen LogP contribution in [0, 0.1) is 30.6 Å². The van der Waals surface area contributed by atoms with Crippen LogP contribution in [0.4, 0.5) is 0 Å². The number of carbonyl (C=O) groups excluding carboxylic acids is 1. The van der Waals surface area contributed by atoms with Crippen LogP contribution < -0.4 is 4.74 Å². The predicted octanol–water partition coefficient (Wildman–Crippen LogP) is 12.1. The largest absolute Gasteiger partial charge is 0.496 e. The van der Waals surface area contributed by atoms with E-state index in [1.165, 1.54) is 83.0 Å². The first-order valence-electron chi connectivity index (χ1n) is 19.0. The molecule has 7 rings (SSSR count). The second-order valence-corrected chi connectivity index (χ2v) is 15.7. The number of Topliss-reactive ketones (excluding diaryl/α,β-unsaturated/α-hetero) is 1. The van der Waals surface area contributed by atoms with Crippen LogP contribution in [-0.4, -0.2) is 12.9 Å². The highest BCUT2D eigenvalue weighted by Crippen LogP contribution is 2.48. The van der Waals surface area contributed by atoms with Crippen molar-refractivity contribution < 1.29 is 9.53 Å². The van der Waals surface area contributed by atoms with Gasteiger partial charge >= 0.3 is 0 Å². The molecule has 4 aromatic rings. The third kappa shape index (κ3) is 6.94. The van der Waals surface area contributed by atoms with Crippen molar-refractivity contribution in [3.63, 3.8) is 0 Å². The van der Waals surface area contributed by atoms with Crippen molar-refractivity contribution >= 4 is 5.78 Å². The maximum atomic E-state index is 13.7. The van der Waals surface area contributed by atoms with E-state index in [-0.39, 0.29) is 17.8 Å². The fourth-order valence-electron chi connectivity index (χ4n) is 9.48. The number of aryl methyl sites for hydroxylation is 1. The molecule has 2 saturated carbocycles. The van der Waals surface area contributed by atoms with Gasteiger partial charge in [-0.25, -0.2) is 0 Å². The molecule has 0 amide bonds. The summed E-state index contributed by atoms with van der Waals surface area (Å²) in [6, 6.07) is 30.9. The number of fused-ring (bicyclic) bond motifs is 3. The molecule has 0 heterocycles. The van der Waals surface area contributed by atoms with Gasteiger partial charge in [0.1, 0.15) is 5.75 Å². The number of benzene rings is 4. The highest BCUT2D eigenvalue weighted by atomic mass is 16.5. The average Bonchev–Trinajstić information content (AvgIpc) is 3.22. The number of ketones is 1. The zero-order valence-electron chi connectivity index (χ0n) is 30.1. The molecule has 4 aromatic carbocycles. The Labute approximate surface area is 295 Å². The highest BCUT2D eigenvalue weighted by Gasteiger charge is 2.33. The first-order chi connectivity index (χ1) is 23.8. The van der Waals surface area contributed by atoms with Crippen LogP contribution in [0.25, 0.3) is 11.1 Å². The molecule has 2 atom stereocenters. The van der Waals surface area contributed by atoms with Crippen molar-refractivity contribution in [1.82, 2.24) is 0 Å². The van der Waals surface area contributed by atoms with Crippen LogP contribution in [0.5, 0.6) is 5.75 Å². The van der Waals surface area contributed by atoms with E-state index < -0.39 is 0 Å². The highest BCUT2D eigenvalue weighted by molar-refractivity contribution is 5.98. The third-order valence-corrected chi connectivity index (χ3v) is 12.7. The van der Waals surface area contributed by atoms with E-state index in [1.54, 1.807) is 7.11 Å². The van der Waals surface area contributed by atoms with Crippen molar-refractivity contribution in [1.29, 1.82) is 0 Å². The van der Waals surface area contributed by atoms with Crippen molar-refractivity contribution in [2.45, 2.75) is 96.8 Å². The topological polar surface area (TPSA) is 26.3 Å². The molecule has 3 aliphatic carbocycles. The number of rotatable bonds is 8. The summed E-state index contributed by atoms with van der Waals surface area (Å²) in [5.74, 6) is 4.35. The molecule has 0 N–H and O–H groups in total. The number of hydrogen-bond donors (Lipinski definition) is 0. The summed E-state index contributed by atoms with van der Waals surface area (Å²) in [5.41, 5.74) is 12.5. The lowest BCUT2D eigenvalue weighted by Crippen LogP contribution is -2.28. The first kappa shape index (κ1) is 33.6. The van der Waals surface area contributed by atoms with Gasteiger partial charge < -0.3 is 4.74 Å². The van der Waals surface area contributed by atoms with Crippen molar-refractivity contribution in [2.24, 2.45) is 23.7 Å². The van der Waals surface area contributed by atoms with Crippen LogP contribution >= 0.6 is 0 Å². The van der Waals surface area contributed by atoms with Crippen LogP contribution in [0.15, 0.2) is 97.1 Å². The second kappa shape index (κ2) is 14.5. The fraction of sp³-hybridized carbons (Fsp3) is 0.426. The summed E-state index contributed by atoms with van der Waals surface area (Å²) in [4.78, 5) is 13.7. The summed E-state index contributed by atoms with van der Waals surface area (Å²) >= 11 is 0. The Bertz CT molecular complexity index is 1810. The van der Waals surface area contributed by atoms with Gasteiger partial charge in [-0.2, -0.15) is 0 Å². The van der Waals surface area contributed by atoms with E-state index >= 15 is 0 Å². The minimum Gasteiger partial charge on any atom is -0.496 e. The maximum Gasteiger partial charge on any atom is 0.166 e. The lowest BCUT2D eigenvalue weighted by molar-refractivity contribution is 0.0831. The molecule has 2 fully saturated rings. The van der Waals surface area contributed by atoms with Crippen molar-refractivity contribution in [2.75, 3.05) is 7.11 Å². The molecule has 254 valence electrons. The summed E-state index contributed by atoms with van der Waals surface area (Å²) in [6.45, 7) is 11.6. The van der Waals surface area contributed by atoms with Crippen LogP contribution in [0.1, 0.15) is 121 Å². The zero-order valence-corrected chi connectivity index (χ0v) is 30.1. The Morgan fingerprint density at radius 3 is 2.16 bits per heavy atom. The smallest absolute Gasteiger partial charge is 0.166 e. The minimum atomic E-state index is 0.144. The van der Waals surface area contributed by atoms with Gasteiger partial charge in [0, 0.05) is 29.7 Å². The molecule has 2 nitrogen and oxygen atoms in total. The van der Waals surface area contributed by atoms with Crippen molar-refractivity contribution in [3.05, 3.63) is 136 Å². The average molecular weight is 651 g/mol. The number of allylic oxidation sites excluding steroid dienone is 1. The molecule has 3 aliphatic rings. The number of hydrogen-bond acceptors (Lipinski definition) is 2. The Morgan fingerprint density at radius 2 is 1.43 bits per heavy atom. The monoisotopic (exact) mass is 650 g/mol. The number of methoxy groups -OCH3 is 1. The summed E-state index contributed by atoms with van der Waals surface area (Å²) in [7, 11) is 1.73. The van der Waals surface area contributed by atoms with Gasteiger partial charge in [0.2, 0.25) is 0 Å². The van der Waals surface area contributed by atoms with Gasteiger partial charge in [-0.05, 0) is 120 Å². The second-order valence-electron chi connectivity index (χ2n) is 15.7. The SMILES string of the molecule is C=C1C(C)c2ccc(Cc3ccc(C(=O)C4CCC(C5CCC(C)CC5)CC4)cc3OC)cc2-c2ccccc2C1Cc1ccccc1C. The predicted molar refractivity (Wildman–Crippen MR) is 204 cm³/mol. The van der Waals surface area contributed by atoms with E-state index in [2.05, 4.69) is 99.6 Å². The van der Waals surface area contributed by atoms with E-state index in [4.69, 9.17) is 11.3 Å². The van der Waals surface area contributed by atoms with Gasteiger partial charge in [-0.15, -0.1) is 0 Å². The standard InChI is InChI=1S/C47H54O2/c1-30-14-17-35(18-15-30)36-19-21-37(22-20-36)47(48)40-24-23-39(46(29-40)49-5)26-34-16-25-41-32(3)33(4)44(28-38-11-7-6-10-31(38)2)42-12-8-9-13-43(42)45(41)27-34/h6-13,16,23-25,27,29-30,32,35-37,44H,4,14-15,17-22,26,28H2,1-3,5H3. The third-order valence-electron chi connectivity index (χ3n) is 12.7. The molecule has 2 heteroatoms. The van der Waals surface area contributed by atoms with E-state index in [9.17, 15) is 4.79 Å². The molecule has 0 spiro atoms. The molecule has 49 heavy (non-hydrogen) atoms. The molecule has 0 radical (unpaired) electrons. The zero-order chi connectivity index (χ0) is 34.1. The molecule has 0 aliphatic heterocycles. The molecular formula is C47H54O2. The van der Waals surface area contributed by atoms with Crippen molar-refractivity contribution in [3.8, 4) is 16.9 Å².